The Morgan fingerprint density at radius 3 is 2.90 bits per heavy atom. The molecule has 1 aromatic heterocycles. The molecule has 0 fully saturated rings. The fourth-order valence-corrected chi connectivity index (χ4v) is 2.22. The number of carbonyl (C=O) groups excluding carboxylic acids is 1. The van der Waals surface area contributed by atoms with Crippen molar-refractivity contribution in [3.8, 4) is 5.75 Å². The standard InChI is InChI=1S/C15H18N2O3S/c1-21-10-14-6-5-13(20-14)8-17-11-3-2-4-12(7-11)19-9-15(16)18/h2-7,17H,8-10H2,1H3,(H2,16,18). The highest BCUT2D eigenvalue weighted by Gasteiger charge is 2.03. The van der Waals surface area contributed by atoms with Crippen molar-refractivity contribution in [1.82, 2.24) is 0 Å². The van der Waals surface area contributed by atoms with E-state index in [2.05, 4.69) is 5.32 Å². The third-order valence-corrected chi connectivity index (χ3v) is 3.26. The maximum Gasteiger partial charge on any atom is 0.255 e. The van der Waals surface area contributed by atoms with Crippen LogP contribution < -0.4 is 15.8 Å². The predicted molar refractivity (Wildman–Crippen MR) is 84.4 cm³/mol. The highest BCUT2D eigenvalue weighted by Crippen LogP contribution is 2.19. The Morgan fingerprint density at radius 2 is 2.14 bits per heavy atom. The molecule has 21 heavy (non-hydrogen) atoms. The van der Waals surface area contributed by atoms with Gasteiger partial charge in [0.05, 0.1) is 12.3 Å². The molecule has 2 aromatic rings. The van der Waals surface area contributed by atoms with Gasteiger partial charge in [0.1, 0.15) is 17.3 Å². The van der Waals surface area contributed by atoms with Gasteiger partial charge in [-0.2, -0.15) is 11.8 Å². The third kappa shape index (κ3) is 5.07. The van der Waals surface area contributed by atoms with Gasteiger partial charge in [0, 0.05) is 11.8 Å². The predicted octanol–water partition coefficient (Wildman–Crippen LogP) is 2.62. The first-order valence-electron chi connectivity index (χ1n) is 6.49. The van der Waals surface area contributed by atoms with Gasteiger partial charge in [0.2, 0.25) is 0 Å². The average molecular weight is 306 g/mol. The molecule has 3 N–H and O–H groups in total. The van der Waals surface area contributed by atoms with Crippen molar-refractivity contribution in [3.05, 3.63) is 47.9 Å². The Hall–Kier alpha value is -2.08. The van der Waals surface area contributed by atoms with E-state index in [4.69, 9.17) is 14.9 Å². The van der Waals surface area contributed by atoms with E-state index >= 15 is 0 Å². The summed E-state index contributed by atoms with van der Waals surface area (Å²) in [5.74, 6) is 2.82. The van der Waals surface area contributed by atoms with Crippen molar-refractivity contribution in [1.29, 1.82) is 0 Å². The number of hydrogen-bond donors (Lipinski definition) is 2. The molecule has 5 nitrogen and oxygen atoms in total. The molecule has 1 heterocycles. The fourth-order valence-electron chi connectivity index (χ4n) is 1.78. The summed E-state index contributed by atoms with van der Waals surface area (Å²) in [4.78, 5) is 10.7. The van der Waals surface area contributed by atoms with E-state index in [1.54, 1.807) is 17.8 Å². The van der Waals surface area contributed by atoms with Crippen molar-refractivity contribution >= 4 is 23.4 Å². The molecule has 0 aliphatic rings. The van der Waals surface area contributed by atoms with Crippen LogP contribution in [0.3, 0.4) is 0 Å². The summed E-state index contributed by atoms with van der Waals surface area (Å²) < 4.78 is 10.9. The van der Waals surface area contributed by atoms with Gasteiger partial charge in [-0.15, -0.1) is 0 Å². The van der Waals surface area contributed by atoms with Crippen LogP contribution in [-0.4, -0.2) is 18.8 Å². The molecule has 0 bridgehead atoms. The Labute approximate surface area is 127 Å². The zero-order valence-corrected chi connectivity index (χ0v) is 12.6. The van der Waals surface area contributed by atoms with Crippen LogP contribution in [0.2, 0.25) is 0 Å². The Morgan fingerprint density at radius 1 is 1.33 bits per heavy atom. The summed E-state index contributed by atoms with van der Waals surface area (Å²) in [7, 11) is 0. The van der Waals surface area contributed by atoms with E-state index < -0.39 is 5.91 Å². The molecule has 112 valence electrons. The second-order valence-electron chi connectivity index (χ2n) is 4.44. The van der Waals surface area contributed by atoms with Crippen molar-refractivity contribution in [2.24, 2.45) is 5.73 Å². The number of thioether (sulfide) groups is 1. The summed E-state index contributed by atoms with van der Waals surface area (Å²) >= 11 is 1.72. The van der Waals surface area contributed by atoms with Gasteiger partial charge in [-0.3, -0.25) is 4.79 Å². The average Bonchev–Trinajstić information content (AvgIpc) is 2.92. The zero-order chi connectivity index (χ0) is 15.1. The number of amides is 1. The molecule has 0 saturated heterocycles. The van der Waals surface area contributed by atoms with Crippen LogP contribution >= 0.6 is 11.8 Å². The molecule has 0 aliphatic heterocycles. The van der Waals surface area contributed by atoms with Gasteiger partial charge in [-0.1, -0.05) is 6.07 Å². The van der Waals surface area contributed by atoms with Gasteiger partial charge in [-0.05, 0) is 30.5 Å². The van der Waals surface area contributed by atoms with E-state index in [0.717, 1.165) is 23.0 Å². The zero-order valence-electron chi connectivity index (χ0n) is 11.8. The summed E-state index contributed by atoms with van der Waals surface area (Å²) in [6, 6.07) is 11.3. The monoisotopic (exact) mass is 306 g/mol. The fraction of sp³-hybridized carbons (Fsp3) is 0.267. The highest BCUT2D eigenvalue weighted by molar-refractivity contribution is 7.97. The molecular formula is C15H18N2O3S. The van der Waals surface area contributed by atoms with Crippen LogP contribution in [0.4, 0.5) is 5.69 Å². The smallest absolute Gasteiger partial charge is 0.255 e. The number of ether oxygens (including phenoxy) is 1. The number of primary amides is 1. The molecule has 1 aromatic carbocycles. The molecule has 0 atom stereocenters. The third-order valence-electron chi connectivity index (χ3n) is 2.69. The minimum Gasteiger partial charge on any atom is -0.484 e. The van der Waals surface area contributed by atoms with Crippen molar-refractivity contribution in [2.75, 3.05) is 18.2 Å². The summed E-state index contributed by atoms with van der Waals surface area (Å²) in [5, 5.41) is 3.25. The molecule has 0 saturated carbocycles. The molecule has 0 spiro atoms. The number of nitrogens with two attached hydrogens (primary N) is 1. The lowest BCUT2D eigenvalue weighted by Crippen LogP contribution is -2.20. The first kappa shape index (κ1) is 15.3. The Balaban J connectivity index is 1.89. The molecular weight excluding hydrogens is 288 g/mol. The summed E-state index contributed by atoms with van der Waals surface area (Å²) in [6.45, 7) is 0.466. The van der Waals surface area contributed by atoms with Gasteiger partial charge in [0.15, 0.2) is 6.61 Å². The van der Waals surface area contributed by atoms with Crippen LogP contribution in [0.1, 0.15) is 11.5 Å². The number of carbonyl (C=O) groups is 1. The number of anilines is 1. The molecule has 2 rings (SSSR count). The van der Waals surface area contributed by atoms with Crippen LogP contribution in [0, 0.1) is 0 Å². The number of furan rings is 1. The molecule has 6 heteroatoms. The first-order chi connectivity index (χ1) is 10.2. The number of benzene rings is 1. The second kappa shape index (κ2) is 7.64. The second-order valence-corrected chi connectivity index (χ2v) is 5.30. The number of nitrogens with one attached hydrogen (secondary N) is 1. The maximum absolute atomic E-state index is 10.7. The number of hydrogen-bond acceptors (Lipinski definition) is 5. The molecule has 0 radical (unpaired) electrons. The highest BCUT2D eigenvalue weighted by atomic mass is 32.2. The normalized spacial score (nSPS) is 10.3. The van der Waals surface area contributed by atoms with Gasteiger partial charge in [-0.25, -0.2) is 0 Å². The summed E-state index contributed by atoms with van der Waals surface area (Å²) in [6.07, 6.45) is 2.04. The van der Waals surface area contributed by atoms with E-state index in [-0.39, 0.29) is 6.61 Å². The quantitative estimate of drug-likeness (QED) is 0.784. The van der Waals surface area contributed by atoms with E-state index in [1.165, 1.54) is 0 Å². The topological polar surface area (TPSA) is 77.5 Å². The van der Waals surface area contributed by atoms with Crippen molar-refractivity contribution < 1.29 is 13.9 Å². The minimum atomic E-state index is -0.495. The molecule has 1 amide bonds. The lowest BCUT2D eigenvalue weighted by atomic mass is 10.3. The Kier molecular flexibility index (Phi) is 5.57. The molecule has 0 unspecified atom stereocenters. The van der Waals surface area contributed by atoms with E-state index in [9.17, 15) is 4.79 Å². The van der Waals surface area contributed by atoms with Crippen molar-refractivity contribution in [3.63, 3.8) is 0 Å². The lowest BCUT2D eigenvalue weighted by molar-refractivity contribution is -0.119. The minimum absolute atomic E-state index is 0.125. The maximum atomic E-state index is 10.7. The molecule has 0 aliphatic carbocycles. The SMILES string of the molecule is CSCc1ccc(CNc2cccc(OCC(N)=O)c2)o1. The van der Waals surface area contributed by atoms with E-state index in [1.807, 2.05) is 36.6 Å². The van der Waals surface area contributed by atoms with Crippen LogP contribution in [0.5, 0.6) is 5.75 Å². The van der Waals surface area contributed by atoms with Crippen molar-refractivity contribution in [2.45, 2.75) is 12.3 Å². The lowest BCUT2D eigenvalue weighted by Gasteiger charge is -2.08. The Bertz CT molecular complexity index is 598. The van der Waals surface area contributed by atoms with Gasteiger partial charge >= 0.3 is 0 Å². The van der Waals surface area contributed by atoms with Gasteiger partial charge in [0.25, 0.3) is 5.91 Å². The largest absolute Gasteiger partial charge is 0.484 e. The van der Waals surface area contributed by atoms with Crippen LogP contribution in [0.15, 0.2) is 40.8 Å². The summed E-state index contributed by atoms with van der Waals surface area (Å²) in [5.41, 5.74) is 5.93. The van der Waals surface area contributed by atoms with E-state index in [0.29, 0.717) is 12.3 Å². The first-order valence-corrected chi connectivity index (χ1v) is 7.88. The van der Waals surface area contributed by atoms with Gasteiger partial charge < -0.3 is 20.2 Å². The van der Waals surface area contributed by atoms with Crippen LogP contribution in [0.25, 0.3) is 0 Å². The number of rotatable bonds is 8. The van der Waals surface area contributed by atoms with Crippen LogP contribution in [-0.2, 0) is 17.1 Å².